The molecule has 0 bridgehead atoms. The Hall–Kier alpha value is 0.158. The zero-order valence-electron chi connectivity index (χ0n) is 6.88. The molecular formula is C8H15MoO2. The van der Waals surface area contributed by atoms with E-state index in [9.17, 15) is 4.79 Å². The number of carboxylic acids is 1. The Morgan fingerprint density at radius 1 is 1.55 bits per heavy atom. The van der Waals surface area contributed by atoms with Crippen LogP contribution in [0.15, 0.2) is 0 Å². The molecule has 0 aromatic heterocycles. The monoisotopic (exact) mass is 241 g/mol. The van der Waals surface area contributed by atoms with Crippen molar-refractivity contribution in [2.45, 2.75) is 37.4 Å². The fourth-order valence-electron chi connectivity index (χ4n) is 0.995. The molecule has 1 unspecified atom stereocenters. The Balaban J connectivity index is 3.44. The van der Waals surface area contributed by atoms with Gasteiger partial charge in [-0.2, -0.15) is 0 Å². The Morgan fingerprint density at radius 2 is 2.18 bits per heavy atom. The molecule has 0 aliphatic rings. The molecule has 0 saturated carbocycles. The van der Waals surface area contributed by atoms with Gasteiger partial charge in [0.15, 0.2) is 0 Å². The van der Waals surface area contributed by atoms with Gasteiger partial charge in [0.2, 0.25) is 0 Å². The van der Waals surface area contributed by atoms with Crippen molar-refractivity contribution in [2.24, 2.45) is 5.92 Å². The average Bonchev–Trinajstić information content (AvgIpc) is 1.97. The van der Waals surface area contributed by atoms with Gasteiger partial charge in [0.25, 0.3) is 0 Å². The molecule has 0 amide bonds. The summed E-state index contributed by atoms with van der Waals surface area (Å²) in [5.74, 6) is -0.743. The van der Waals surface area contributed by atoms with Crippen LogP contribution in [0.5, 0.6) is 0 Å². The Bertz CT molecular complexity index is 115. The molecule has 0 spiro atoms. The maximum atomic E-state index is 10.5. The summed E-state index contributed by atoms with van der Waals surface area (Å²) in [5, 5.41) is 8.67. The summed E-state index contributed by atoms with van der Waals surface area (Å²) in [6, 6.07) is 0. The third kappa shape index (κ3) is 5.43. The van der Waals surface area contributed by atoms with Crippen LogP contribution in [-0.2, 0) is 24.6 Å². The van der Waals surface area contributed by atoms with Crippen LogP contribution < -0.4 is 0 Å². The van der Waals surface area contributed by atoms with Crippen molar-refractivity contribution < 1.29 is 29.7 Å². The van der Waals surface area contributed by atoms with Gasteiger partial charge >= 0.3 is 79.0 Å². The first-order valence-corrected chi connectivity index (χ1v) is 5.45. The van der Waals surface area contributed by atoms with Gasteiger partial charge in [-0.1, -0.05) is 0 Å². The van der Waals surface area contributed by atoms with Crippen LogP contribution in [0.25, 0.3) is 0 Å². The van der Waals surface area contributed by atoms with Gasteiger partial charge in [0.05, 0.1) is 0 Å². The summed E-state index contributed by atoms with van der Waals surface area (Å²) in [4.78, 5) is 11.7. The molecule has 0 aliphatic carbocycles. The maximum absolute atomic E-state index is 10.5. The molecule has 2 nitrogen and oxygen atoms in total. The van der Waals surface area contributed by atoms with Gasteiger partial charge in [-0.3, -0.25) is 0 Å². The summed E-state index contributed by atoms with van der Waals surface area (Å²) in [6.07, 6.45) is 3.83. The predicted octanol–water partition coefficient (Wildman–Crippen LogP) is 2.23. The summed E-state index contributed by atoms with van der Waals surface area (Å²) >= 11 is 2.06. The first-order chi connectivity index (χ1) is 5.22. The molecule has 65 valence electrons. The van der Waals surface area contributed by atoms with Gasteiger partial charge in [0, 0.05) is 0 Å². The third-order valence-electron chi connectivity index (χ3n) is 1.79. The topological polar surface area (TPSA) is 37.3 Å². The fourth-order valence-corrected chi connectivity index (χ4v) is 1.50. The first kappa shape index (κ1) is 11.2. The van der Waals surface area contributed by atoms with E-state index in [4.69, 9.17) is 5.11 Å². The fraction of sp³-hybridized carbons (Fsp3) is 0.875. The molecule has 1 atom stereocenters. The number of carbonyl (C=O) groups is 1. The van der Waals surface area contributed by atoms with Crippen molar-refractivity contribution in [3.63, 3.8) is 0 Å². The molecule has 0 saturated heterocycles. The van der Waals surface area contributed by atoms with E-state index in [2.05, 4.69) is 19.8 Å². The van der Waals surface area contributed by atoms with Crippen molar-refractivity contribution in [3.05, 3.63) is 0 Å². The van der Waals surface area contributed by atoms with Crippen LogP contribution in [0.2, 0.25) is 4.81 Å². The first-order valence-electron chi connectivity index (χ1n) is 4.03. The molecule has 0 aromatic rings. The van der Waals surface area contributed by atoms with Gasteiger partial charge in [-0.05, 0) is 0 Å². The number of hydrogen-bond donors (Lipinski definition) is 1. The predicted molar refractivity (Wildman–Crippen MR) is 40.1 cm³/mol. The van der Waals surface area contributed by atoms with Crippen molar-refractivity contribution in [3.8, 4) is 0 Å². The molecular weight excluding hydrogens is 224 g/mol. The zero-order chi connectivity index (χ0) is 8.69. The van der Waals surface area contributed by atoms with Gasteiger partial charge in [-0.25, -0.2) is 0 Å². The minimum absolute atomic E-state index is 0.109. The van der Waals surface area contributed by atoms with Gasteiger partial charge in [0.1, 0.15) is 0 Å². The van der Waals surface area contributed by atoms with E-state index in [0.717, 1.165) is 25.7 Å². The van der Waals surface area contributed by atoms with Crippen LogP contribution in [0.3, 0.4) is 0 Å². The number of unbranched alkanes of at least 4 members (excludes halogenated alkanes) is 1. The molecule has 11 heavy (non-hydrogen) atoms. The van der Waals surface area contributed by atoms with E-state index in [1.54, 1.807) is 0 Å². The Kier molecular flexibility index (Phi) is 6.94. The Morgan fingerprint density at radius 3 is 2.55 bits per heavy atom. The number of hydrogen-bond acceptors (Lipinski definition) is 1. The van der Waals surface area contributed by atoms with Crippen LogP contribution in [-0.4, -0.2) is 11.1 Å². The summed E-state index contributed by atoms with van der Waals surface area (Å²) < 4.78 is 0. The second-order valence-electron chi connectivity index (χ2n) is 2.64. The summed E-state index contributed by atoms with van der Waals surface area (Å²) in [5.41, 5.74) is 0. The van der Waals surface area contributed by atoms with Crippen molar-refractivity contribution in [1.82, 2.24) is 0 Å². The molecule has 1 N–H and O–H groups in total. The SMILES string of the molecule is CCC(CCC[CH2][Mo])C(=O)O. The van der Waals surface area contributed by atoms with E-state index >= 15 is 0 Å². The second-order valence-corrected chi connectivity index (χ2v) is 3.65. The summed E-state index contributed by atoms with van der Waals surface area (Å²) in [7, 11) is 0. The van der Waals surface area contributed by atoms with Crippen molar-refractivity contribution in [1.29, 1.82) is 0 Å². The second kappa shape index (κ2) is 6.84. The van der Waals surface area contributed by atoms with Gasteiger partial charge in [-0.15, -0.1) is 0 Å². The quantitative estimate of drug-likeness (QED) is 0.570. The number of carboxylic acid groups (broad SMARTS) is 1. The van der Waals surface area contributed by atoms with Crippen molar-refractivity contribution >= 4 is 5.97 Å². The molecule has 0 aliphatic heterocycles. The Labute approximate surface area is 79.3 Å². The molecule has 0 aromatic carbocycles. The van der Waals surface area contributed by atoms with E-state index < -0.39 is 5.97 Å². The summed E-state index contributed by atoms with van der Waals surface area (Å²) in [6.45, 7) is 1.94. The average molecular weight is 239 g/mol. The van der Waals surface area contributed by atoms with Crippen LogP contribution in [0.4, 0.5) is 0 Å². The molecule has 0 heterocycles. The number of aliphatic carboxylic acids is 1. The zero-order valence-corrected chi connectivity index (χ0v) is 8.88. The minimum atomic E-state index is -0.635. The normalized spacial score (nSPS) is 12.8. The molecule has 0 rings (SSSR count). The van der Waals surface area contributed by atoms with E-state index in [-0.39, 0.29) is 5.92 Å². The van der Waals surface area contributed by atoms with E-state index in [0.29, 0.717) is 0 Å². The number of rotatable bonds is 6. The third-order valence-corrected chi connectivity index (χ3v) is 2.50. The van der Waals surface area contributed by atoms with Crippen LogP contribution in [0, 0.1) is 5.92 Å². The molecule has 0 radical (unpaired) electrons. The van der Waals surface area contributed by atoms with Crippen LogP contribution >= 0.6 is 0 Å². The van der Waals surface area contributed by atoms with Gasteiger partial charge < -0.3 is 0 Å². The van der Waals surface area contributed by atoms with Crippen molar-refractivity contribution in [2.75, 3.05) is 0 Å². The molecule has 3 heteroatoms. The van der Waals surface area contributed by atoms with E-state index in [1.807, 2.05) is 6.92 Å². The van der Waals surface area contributed by atoms with Crippen LogP contribution in [0.1, 0.15) is 32.6 Å². The molecule has 0 fully saturated rings. The van der Waals surface area contributed by atoms with E-state index in [1.165, 1.54) is 4.81 Å². The standard InChI is InChI=1S/C8H15O2.Mo/c1-3-5-6-7(4-2)8(9)10;/h7H,1,3-6H2,2H3,(H,9,10);.